The summed E-state index contributed by atoms with van der Waals surface area (Å²) in [6.45, 7) is 5.40. The molecule has 7 heteroatoms. The Morgan fingerprint density at radius 2 is 1.73 bits per heavy atom. The maximum Gasteiger partial charge on any atom is 0.265 e. The number of hydrogen-bond acceptors (Lipinski definition) is 4. The predicted molar refractivity (Wildman–Crippen MR) is 133 cm³/mol. The first-order valence-corrected chi connectivity index (χ1v) is 11.1. The molecular formula is C26H21Cl2NO4. The van der Waals surface area contributed by atoms with E-state index in [1.165, 1.54) is 6.07 Å². The lowest BCUT2D eigenvalue weighted by molar-refractivity contribution is -0.122. The maximum absolute atomic E-state index is 13.3. The van der Waals surface area contributed by atoms with Crippen LogP contribution in [0.15, 0.2) is 69.9 Å². The van der Waals surface area contributed by atoms with Crippen LogP contribution in [0.4, 0.5) is 5.69 Å². The van der Waals surface area contributed by atoms with E-state index >= 15 is 0 Å². The van der Waals surface area contributed by atoms with Crippen molar-refractivity contribution in [3.63, 3.8) is 0 Å². The highest BCUT2D eigenvalue weighted by Gasteiger charge is 2.23. The van der Waals surface area contributed by atoms with Crippen LogP contribution in [0.5, 0.6) is 5.75 Å². The zero-order valence-electron chi connectivity index (χ0n) is 18.2. The number of halogens is 2. The van der Waals surface area contributed by atoms with Crippen molar-refractivity contribution in [2.75, 3.05) is 5.32 Å². The monoisotopic (exact) mass is 481 g/mol. The Balaban J connectivity index is 1.73. The third-order valence-corrected chi connectivity index (χ3v) is 5.87. The number of hydrogen-bond donors (Lipinski definition) is 1. The van der Waals surface area contributed by atoms with Gasteiger partial charge in [-0.25, -0.2) is 0 Å². The smallest absolute Gasteiger partial charge is 0.265 e. The predicted octanol–water partition coefficient (Wildman–Crippen LogP) is 6.79. The molecule has 0 unspecified atom stereocenters. The SMILES string of the molecule is Cc1ccc(-c2oc3ccc(Cl)cc3c(=O)c2O[C@@H](C)C(=O)Nc2ccc(C)c(Cl)c2)cc1. The fourth-order valence-corrected chi connectivity index (χ4v) is 3.65. The molecule has 1 N–H and O–H groups in total. The van der Waals surface area contributed by atoms with Crippen LogP contribution >= 0.6 is 23.2 Å². The van der Waals surface area contributed by atoms with E-state index in [4.69, 9.17) is 32.4 Å². The van der Waals surface area contributed by atoms with E-state index in [0.717, 1.165) is 11.1 Å². The molecule has 1 atom stereocenters. The molecule has 0 saturated heterocycles. The third-order valence-electron chi connectivity index (χ3n) is 5.23. The van der Waals surface area contributed by atoms with Crippen molar-refractivity contribution in [2.45, 2.75) is 26.9 Å². The zero-order chi connectivity index (χ0) is 23.7. The molecule has 1 aromatic heterocycles. The van der Waals surface area contributed by atoms with E-state index in [-0.39, 0.29) is 16.9 Å². The van der Waals surface area contributed by atoms with Gasteiger partial charge in [-0.3, -0.25) is 9.59 Å². The molecular weight excluding hydrogens is 461 g/mol. The molecule has 0 aliphatic heterocycles. The van der Waals surface area contributed by atoms with Gasteiger partial charge in [0.25, 0.3) is 5.91 Å². The first-order valence-electron chi connectivity index (χ1n) is 10.3. The first-order chi connectivity index (χ1) is 15.7. The molecule has 0 aliphatic rings. The van der Waals surface area contributed by atoms with Crippen LogP contribution in [-0.4, -0.2) is 12.0 Å². The lowest BCUT2D eigenvalue weighted by Gasteiger charge is -2.17. The van der Waals surface area contributed by atoms with Crippen LogP contribution in [0.25, 0.3) is 22.3 Å². The van der Waals surface area contributed by atoms with Crippen LogP contribution in [0.1, 0.15) is 18.1 Å². The van der Waals surface area contributed by atoms with Crippen molar-refractivity contribution in [1.82, 2.24) is 0 Å². The van der Waals surface area contributed by atoms with Crippen LogP contribution in [-0.2, 0) is 4.79 Å². The van der Waals surface area contributed by atoms with E-state index in [1.807, 2.05) is 38.1 Å². The van der Waals surface area contributed by atoms with Crippen LogP contribution < -0.4 is 15.5 Å². The van der Waals surface area contributed by atoms with Gasteiger partial charge >= 0.3 is 0 Å². The van der Waals surface area contributed by atoms with Crippen LogP contribution in [0.2, 0.25) is 10.0 Å². The summed E-state index contributed by atoms with van der Waals surface area (Å²) in [5.74, 6) is -0.249. The van der Waals surface area contributed by atoms with Crippen molar-refractivity contribution in [1.29, 1.82) is 0 Å². The molecule has 0 fully saturated rings. The number of aryl methyl sites for hydroxylation is 2. The Kier molecular flexibility index (Phi) is 6.45. The van der Waals surface area contributed by atoms with Gasteiger partial charge in [0.1, 0.15) is 5.58 Å². The standard InChI is InChI=1S/C26H21Cl2NO4/c1-14-4-7-17(8-5-14)24-25(23(30)20-12-18(27)9-11-22(20)33-24)32-16(3)26(31)29-19-10-6-15(2)21(28)13-19/h4-13,16H,1-3H3,(H,29,31)/t16-/m0/s1. The molecule has 168 valence electrons. The van der Waals surface area contributed by atoms with Gasteiger partial charge in [0.15, 0.2) is 11.9 Å². The van der Waals surface area contributed by atoms with Gasteiger partial charge in [-0.2, -0.15) is 0 Å². The Morgan fingerprint density at radius 1 is 1.00 bits per heavy atom. The van der Waals surface area contributed by atoms with Gasteiger partial charge < -0.3 is 14.5 Å². The minimum atomic E-state index is -0.992. The molecule has 1 heterocycles. The van der Waals surface area contributed by atoms with Crippen molar-refractivity contribution < 1.29 is 13.9 Å². The Morgan fingerprint density at radius 3 is 2.42 bits per heavy atom. The second kappa shape index (κ2) is 9.30. The average Bonchev–Trinajstić information content (AvgIpc) is 2.79. The quantitative estimate of drug-likeness (QED) is 0.340. The summed E-state index contributed by atoms with van der Waals surface area (Å²) in [6.07, 6.45) is -0.992. The van der Waals surface area contributed by atoms with Gasteiger partial charge in [-0.15, -0.1) is 0 Å². The Bertz CT molecular complexity index is 1410. The molecule has 1 amide bonds. The Labute approximate surface area is 200 Å². The number of anilines is 1. The highest BCUT2D eigenvalue weighted by atomic mass is 35.5. The van der Waals surface area contributed by atoms with E-state index in [0.29, 0.717) is 26.9 Å². The number of fused-ring (bicyclic) bond motifs is 1. The summed E-state index contributed by atoms with van der Waals surface area (Å²) in [7, 11) is 0. The van der Waals surface area contributed by atoms with E-state index in [2.05, 4.69) is 5.32 Å². The molecule has 4 rings (SSSR count). The Hall–Kier alpha value is -3.28. The number of benzene rings is 3. The largest absolute Gasteiger partial charge is 0.473 e. The number of nitrogens with one attached hydrogen (secondary N) is 1. The fraction of sp³-hybridized carbons (Fsp3) is 0.154. The lowest BCUT2D eigenvalue weighted by atomic mass is 10.1. The minimum absolute atomic E-state index is 0.0572. The van der Waals surface area contributed by atoms with Gasteiger partial charge in [0.2, 0.25) is 11.2 Å². The molecule has 0 saturated carbocycles. The number of amides is 1. The van der Waals surface area contributed by atoms with Gasteiger partial charge in [-0.05, 0) is 56.7 Å². The highest BCUT2D eigenvalue weighted by Crippen LogP contribution is 2.32. The third kappa shape index (κ3) is 4.90. The average molecular weight is 482 g/mol. The van der Waals surface area contributed by atoms with Crippen LogP contribution in [0, 0.1) is 13.8 Å². The maximum atomic E-state index is 13.3. The summed E-state index contributed by atoms with van der Waals surface area (Å²) in [5, 5.41) is 3.96. The number of ether oxygens (including phenoxy) is 1. The summed E-state index contributed by atoms with van der Waals surface area (Å²) in [6, 6.07) is 17.5. The molecule has 0 radical (unpaired) electrons. The summed E-state index contributed by atoms with van der Waals surface area (Å²) in [4.78, 5) is 26.1. The number of carbonyl (C=O) groups is 1. The molecule has 0 bridgehead atoms. The lowest BCUT2D eigenvalue weighted by Crippen LogP contribution is -2.31. The molecule has 0 spiro atoms. The topological polar surface area (TPSA) is 68.5 Å². The fourth-order valence-electron chi connectivity index (χ4n) is 3.30. The van der Waals surface area contributed by atoms with E-state index in [9.17, 15) is 9.59 Å². The van der Waals surface area contributed by atoms with Crippen molar-refractivity contribution in [3.05, 3.63) is 92.1 Å². The van der Waals surface area contributed by atoms with E-state index in [1.54, 1.807) is 37.3 Å². The zero-order valence-corrected chi connectivity index (χ0v) is 19.8. The highest BCUT2D eigenvalue weighted by molar-refractivity contribution is 6.31. The molecule has 5 nitrogen and oxygen atoms in total. The molecule has 33 heavy (non-hydrogen) atoms. The van der Waals surface area contributed by atoms with E-state index < -0.39 is 17.4 Å². The second-order valence-electron chi connectivity index (χ2n) is 7.81. The summed E-state index contributed by atoms with van der Waals surface area (Å²) >= 11 is 12.2. The van der Waals surface area contributed by atoms with Crippen molar-refractivity contribution in [3.8, 4) is 17.1 Å². The van der Waals surface area contributed by atoms with Gasteiger partial charge in [-0.1, -0.05) is 59.1 Å². The molecule has 3 aromatic carbocycles. The normalized spacial score (nSPS) is 11.9. The minimum Gasteiger partial charge on any atom is -0.473 e. The van der Waals surface area contributed by atoms with Crippen molar-refractivity contribution in [2.24, 2.45) is 0 Å². The van der Waals surface area contributed by atoms with Crippen molar-refractivity contribution >= 4 is 45.8 Å². The number of carbonyl (C=O) groups excluding carboxylic acids is 1. The summed E-state index contributed by atoms with van der Waals surface area (Å²) in [5.41, 5.74) is 3.10. The van der Waals surface area contributed by atoms with Gasteiger partial charge in [0, 0.05) is 21.3 Å². The first kappa shape index (κ1) is 22.9. The molecule has 0 aliphatic carbocycles. The molecule has 4 aromatic rings. The van der Waals surface area contributed by atoms with Crippen LogP contribution in [0.3, 0.4) is 0 Å². The van der Waals surface area contributed by atoms with Gasteiger partial charge in [0.05, 0.1) is 5.39 Å². The second-order valence-corrected chi connectivity index (χ2v) is 8.65. The summed E-state index contributed by atoms with van der Waals surface area (Å²) < 4.78 is 12.0. The number of rotatable bonds is 5.